The SMILES string of the molecule is CCCN1CCO[C@H]2C3=CC=C4C=CC=C4C3OC[C@@H]21. The predicted molar refractivity (Wildman–Crippen MR) is 78.5 cm³/mol. The van der Waals surface area contributed by atoms with Gasteiger partial charge in [0, 0.05) is 6.54 Å². The smallest absolute Gasteiger partial charge is 0.107 e. The van der Waals surface area contributed by atoms with Gasteiger partial charge in [-0.2, -0.15) is 0 Å². The quantitative estimate of drug-likeness (QED) is 0.769. The minimum Gasteiger partial charge on any atom is -0.371 e. The van der Waals surface area contributed by atoms with E-state index >= 15 is 0 Å². The van der Waals surface area contributed by atoms with Crippen molar-refractivity contribution in [3.8, 4) is 0 Å². The minimum absolute atomic E-state index is 0.104. The lowest BCUT2D eigenvalue weighted by atomic mass is 9.83. The first-order valence-electron chi connectivity index (χ1n) is 7.66. The maximum absolute atomic E-state index is 6.20. The fourth-order valence-corrected chi connectivity index (χ4v) is 3.76. The van der Waals surface area contributed by atoms with E-state index in [0.717, 1.165) is 26.3 Å². The van der Waals surface area contributed by atoms with Gasteiger partial charge in [-0.1, -0.05) is 37.3 Å². The van der Waals surface area contributed by atoms with Crippen LogP contribution in [-0.2, 0) is 9.47 Å². The topological polar surface area (TPSA) is 21.7 Å². The van der Waals surface area contributed by atoms with Crippen LogP contribution in [0.3, 0.4) is 0 Å². The third-order valence-electron chi connectivity index (χ3n) is 4.69. The Morgan fingerprint density at radius 2 is 2.20 bits per heavy atom. The Morgan fingerprint density at radius 3 is 3.10 bits per heavy atom. The van der Waals surface area contributed by atoms with Crippen molar-refractivity contribution >= 4 is 0 Å². The van der Waals surface area contributed by atoms with Crippen molar-refractivity contribution in [1.29, 1.82) is 0 Å². The van der Waals surface area contributed by atoms with Crippen LogP contribution in [0.5, 0.6) is 0 Å². The van der Waals surface area contributed by atoms with Crippen molar-refractivity contribution < 1.29 is 9.47 Å². The molecule has 3 heteroatoms. The molecule has 2 saturated heterocycles. The highest BCUT2D eigenvalue weighted by Crippen LogP contribution is 2.39. The molecule has 0 N–H and O–H groups in total. The van der Waals surface area contributed by atoms with Crippen molar-refractivity contribution in [3.63, 3.8) is 0 Å². The second-order valence-corrected chi connectivity index (χ2v) is 5.88. The predicted octanol–water partition coefficient (Wildman–Crippen LogP) is 2.23. The normalized spacial score (nSPS) is 35.6. The van der Waals surface area contributed by atoms with E-state index in [4.69, 9.17) is 9.47 Å². The van der Waals surface area contributed by atoms with Gasteiger partial charge in [0.15, 0.2) is 0 Å². The van der Waals surface area contributed by atoms with Gasteiger partial charge in [-0.05, 0) is 29.7 Å². The fraction of sp³-hybridized carbons (Fsp3) is 0.529. The second-order valence-electron chi connectivity index (χ2n) is 5.88. The molecule has 2 aliphatic heterocycles. The van der Waals surface area contributed by atoms with E-state index in [9.17, 15) is 0 Å². The molecule has 106 valence electrons. The van der Waals surface area contributed by atoms with E-state index < -0.39 is 0 Å². The third kappa shape index (κ3) is 1.85. The summed E-state index contributed by atoms with van der Waals surface area (Å²) in [7, 11) is 0. The number of rotatable bonds is 2. The number of hydrogen-bond donors (Lipinski definition) is 0. The van der Waals surface area contributed by atoms with Gasteiger partial charge in [0.25, 0.3) is 0 Å². The van der Waals surface area contributed by atoms with Crippen LogP contribution in [0, 0.1) is 0 Å². The molecular weight excluding hydrogens is 250 g/mol. The molecule has 0 aromatic heterocycles. The summed E-state index contributed by atoms with van der Waals surface area (Å²) in [5.74, 6) is 0. The van der Waals surface area contributed by atoms with Gasteiger partial charge in [0.1, 0.15) is 6.10 Å². The number of nitrogens with zero attached hydrogens (tertiary/aromatic N) is 1. The largest absolute Gasteiger partial charge is 0.371 e. The Bertz CT molecular complexity index is 527. The van der Waals surface area contributed by atoms with Crippen molar-refractivity contribution in [2.24, 2.45) is 0 Å². The van der Waals surface area contributed by atoms with E-state index in [0.29, 0.717) is 6.04 Å². The van der Waals surface area contributed by atoms with E-state index in [2.05, 4.69) is 42.2 Å². The van der Waals surface area contributed by atoms with Crippen LogP contribution in [0.25, 0.3) is 0 Å². The van der Waals surface area contributed by atoms with Crippen molar-refractivity contribution in [1.82, 2.24) is 4.90 Å². The number of morpholine rings is 1. The van der Waals surface area contributed by atoms with Gasteiger partial charge in [-0.25, -0.2) is 0 Å². The lowest BCUT2D eigenvalue weighted by molar-refractivity contribution is -0.116. The first-order chi connectivity index (χ1) is 9.88. The highest BCUT2D eigenvalue weighted by molar-refractivity contribution is 5.58. The Morgan fingerprint density at radius 1 is 1.25 bits per heavy atom. The van der Waals surface area contributed by atoms with Gasteiger partial charge in [0.05, 0.1) is 25.4 Å². The van der Waals surface area contributed by atoms with Crippen LogP contribution in [0.4, 0.5) is 0 Å². The van der Waals surface area contributed by atoms with Gasteiger partial charge in [-0.15, -0.1) is 0 Å². The van der Waals surface area contributed by atoms with Crippen LogP contribution in [0.2, 0.25) is 0 Å². The lowest BCUT2D eigenvalue weighted by Gasteiger charge is -2.48. The molecule has 2 aliphatic carbocycles. The Hall–Kier alpha value is -1.16. The number of allylic oxidation sites excluding steroid dienone is 5. The molecule has 0 amide bonds. The molecule has 2 heterocycles. The molecule has 0 radical (unpaired) electrons. The highest BCUT2D eigenvalue weighted by atomic mass is 16.5. The zero-order chi connectivity index (χ0) is 13.5. The van der Waals surface area contributed by atoms with Crippen LogP contribution in [0.15, 0.2) is 47.1 Å². The first kappa shape index (κ1) is 12.6. The number of hydrogen-bond acceptors (Lipinski definition) is 3. The fourth-order valence-electron chi connectivity index (χ4n) is 3.76. The number of ether oxygens (including phenoxy) is 2. The molecule has 20 heavy (non-hydrogen) atoms. The zero-order valence-electron chi connectivity index (χ0n) is 11.9. The zero-order valence-corrected chi connectivity index (χ0v) is 11.9. The summed E-state index contributed by atoms with van der Waals surface area (Å²) < 4.78 is 12.3. The summed E-state index contributed by atoms with van der Waals surface area (Å²) in [4.78, 5) is 2.53. The minimum atomic E-state index is 0.104. The van der Waals surface area contributed by atoms with Gasteiger partial charge >= 0.3 is 0 Å². The van der Waals surface area contributed by atoms with Crippen molar-refractivity contribution in [2.75, 3.05) is 26.3 Å². The Balaban J connectivity index is 1.64. The molecule has 0 saturated carbocycles. The van der Waals surface area contributed by atoms with Gasteiger partial charge in [-0.3, -0.25) is 4.90 Å². The molecule has 4 rings (SSSR count). The van der Waals surface area contributed by atoms with Crippen LogP contribution in [-0.4, -0.2) is 49.5 Å². The number of fused-ring (bicyclic) bond motifs is 5. The van der Waals surface area contributed by atoms with Gasteiger partial charge in [0.2, 0.25) is 0 Å². The van der Waals surface area contributed by atoms with Crippen molar-refractivity contribution in [3.05, 3.63) is 47.1 Å². The first-order valence-corrected chi connectivity index (χ1v) is 7.66. The summed E-state index contributed by atoms with van der Waals surface area (Å²) in [5.41, 5.74) is 3.90. The van der Waals surface area contributed by atoms with E-state index in [1.807, 2.05) is 0 Å². The summed E-state index contributed by atoms with van der Waals surface area (Å²) in [6.45, 7) is 6.01. The lowest BCUT2D eigenvalue weighted by Crippen LogP contribution is -2.59. The summed E-state index contributed by atoms with van der Waals surface area (Å²) in [6.07, 6.45) is 12.4. The Labute approximate surface area is 120 Å². The molecule has 0 bridgehead atoms. The average molecular weight is 271 g/mol. The monoisotopic (exact) mass is 271 g/mol. The highest BCUT2D eigenvalue weighted by Gasteiger charge is 2.43. The van der Waals surface area contributed by atoms with E-state index in [1.54, 1.807) is 0 Å². The molecule has 2 fully saturated rings. The molecule has 0 spiro atoms. The molecular formula is C17H21NO2. The maximum atomic E-state index is 6.20. The van der Waals surface area contributed by atoms with Crippen LogP contribution in [0.1, 0.15) is 13.3 Å². The van der Waals surface area contributed by atoms with Crippen LogP contribution >= 0.6 is 0 Å². The average Bonchev–Trinajstić information content (AvgIpc) is 2.96. The molecule has 0 aromatic rings. The standard InChI is InChI=1S/C17H21NO2/c1-2-8-18-9-10-19-17-14-7-6-12-4-3-5-13(12)16(14)20-11-15(17)18/h3-7,15-17H,2,8-11H2,1H3/t15-,16?,17-/m0/s1. The van der Waals surface area contributed by atoms with E-state index in [1.165, 1.54) is 23.1 Å². The second kappa shape index (κ2) is 4.99. The summed E-state index contributed by atoms with van der Waals surface area (Å²) in [5, 5.41) is 0. The van der Waals surface area contributed by atoms with Gasteiger partial charge < -0.3 is 9.47 Å². The molecule has 4 aliphatic rings. The van der Waals surface area contributed by atoms with Crippen LogP contribution < -0.4 is 0 Å². The van der Waals surface area contributed by atoms with E-state index in [-0.39, 0.29) is 12.2 Å². The third-order valence-corrected chi connectivity index (χ3v) is 4.69. The molecule has 3 nitrogen and oxygen atoms in total. The molecule has 1 unspecified atom stereocenters. The Kier molecular flexibility index (Phi) is 3.14. The summed E-state index contributed by atoms with van der Waals surface area (Å²) in [6, 6.07) is 0.385. The maximum Gasteiger partial charge on any atom is 0.107 e. The van der Waals surface area contributed by atoms with Crippen molar-refractivity contribution in [2.45, 2.75) is 31.6 Å². The molecule has 3 atom stereocenters. The molecule has 0 aromatic carbocycles. The summed E-state index contributed by atoms with van der Waals surface area (Å²) >= 11 is 0.